The quantitative estimate of drug-likeness (QED) is 0.303. The van der Waals surface area contributed by atoms with E-state index in [1.165, 1.54) is 11.3 Å². The number of nitrogens with one attached hydrogen (secondary N) is 2. The largest absolute Gasteiger partial charge is 0.481 e. The molecule has 0 spiro atoms. The number of thiophene rings is 1. The molecule has 0 radical (unpaired) electrons. The van der Waals surface area contributed by atoms with E-state index in [0.717, 1.165) is 23.3 Å². The van der Waals surface area contributed by atoms with Crippen molar-refractivity contribution in [2.75, 3.05) is 23.3 Å². The van der Waals surface area contributed by atoms with Gasteiger partial charge in [-0.1, -0.05) is 6.92 Å². The summed E-state index contributed by atoms with van der Waals surface area (Å²) < 4.78 is 0. The minimum Gasteiger partial charge on any atom is -0.481 e. The monoisotopic (exact) mass is 462 g/mol. The Labute approximate surface area is 188 Å². The molecule has 1 aliphatic rings. The number of carbonyl (C=O) groups is 3. The van der Waals surface area contributed by atoms with Crippen LogP contribution in [0.2, 0.25) is 0 Å². The molecule has 0 aromatic carbocycles. The third kappa shape index (κ3) is 5.44. The molecule has 3 rings (SSSR count). The van der Waals surface area contributed by atoms with E-state index < -0.39 is 23.9 Å². The first-order valence-corrected chi connectivity index (χ1v) is 11.0. The van der Waals surface area contributed by atoms with Gasteiger partial charge in [0.1, 0.15) is 17.7 Å². The smallest absolute Gasteiger partial charge is 0.326 e. The van der Waals surface area contributed by atoms with Crippen LogP contribution in [0.25, 0.3) is 0 Å². The average molecular weight is 463 g/mol. The van der Waals surface area contributed by atoms with Gasteiger partial charge in [0.15, 0.2) is 0 Å². The number of nitrogen functional groups attached to an aromatic ring is 2. The third-order valence-corrected chi connectivity index (χ3v) is 6.77. The lowest BCUT2D eigenvalue weighted by Gasteiger charge is -2.15. The molecule has 1 aliphatic heterocycles. The van der Waals surface area contributed by atoms with Crippen LogP contribution < -0.4 is 22.1 Å². The van der Waals surface area contributed by atoms with E-state index in [9.17, 15) is 19.5 Å². The number of hydrogen-bond acceptors (Lipinski definition) is 9. The number of fused-ring (bicyclic) bond motifs is 1. The SMILES string of the molecule is CC(CCC1CNc2nc(N)nc(N)c21)c1ccc(C(=O)N[C@@H](CCC(=O)O)C(=O)O)s1. The highest BCUT2D eigenvalue weighted by Gasteiger charge is 2.28. The number of hydrogen-bond donors (Lipinski definition) is 6. The maximum atomic E-state index is 12.5. The average Bonchev–Trinajstić information content (AvgIpc) is 3.36. The lowest BCUT2D eigenvalue weighted by Crippen LogP contribution is -2.40. The van der Waals surface area contributed by atoms with Crippen LogP contribution >= 0.6 is 11.3 Å². The second-order valence-electron chi connectivity index (χ2n) is 7.78. The zero-order chi connectivity index (χ0) is 23.4. The van der Waals surface area contributed by atoms with Gasteiger partial charge in [0.25, 0.3) is 5.91 Å². The summed E-state index contributed by atoms with van der Waals surface area (Å²) >= 11 is 1.30. The number of rotatable bonds is 10. The zero-order valence-corrected chi connectivity index (χ0v) is 18.3. The highest BCUT2D eigenvalue weighted by atomic mass is 32.1. The van der Waals surface area contributed by atoms with Crippen LogP contribution in [0.15, 0.2) is 12.1 Å². The van der Waals surface area contributed by atoms with E-state index in [1.54, 1.807) is 6.07 Å². The summed E-state index contributed by atoms with van der Waals surface area (Å²) in [5.74, 6) is -1.36. The number of aromatic nitrogens is 2. The van der Waals surface area contributed by atoms with Gasteiger partial charge in [-0.25, -0.2) is 4.79 Å². The maximum Gasteiger partial charge on any atom is 0.326 e. The van der Waals surface area contributed by atoms with Gasteiger partial charge in [-0.05, 0) is 37.3 Å². The van der Waals surface area contributed by atoms with Gasteiger partial charge in [-0.15, -0.1) is 11.3 Å². The molecule has 0 saturated carbocycles. The summed E-state index contributed by atoms with van der Waals surface area (Å²) in [6, 6.07) is 2.26. The highest BCUT2D eigenvalue weighted by Crippen LogP contribution is 2.39. The molecule has 0 bridgehead atoms. The lowest BCUT2D eigenvalue weighted by atomic mass is 9.92. The van der Waals surface area contributed by atoms with Crippen LogP contribution in [0.4, 0.5) is 17.6 Å². The first-order valence-electron chi connectivity index (χ1n) is 10.2. The Morgan fingerprint density at radius 2 is 2.00 bits per heavy atom. The molecule has 2 aromatic heterocycles. The van der Waals surface area contributed by atoms with Crippen LogP contribution in [0.3, 0.4) is 0 Å². The van der Waals surface area contributed by atoms with Crippen LogP contribution in [-0.2, 0) is 9.59 Å². The Kier molecular flexibility index (Phi) is 7.13. The van der Waals surface area contributed by atoms with Gasteiger partial charge in [0.2, 0.25) is 5.95 Å². The Morgan fingerprint density at radius 1 is 1.25 bits per heavy atom. The van der Waals surface area contributed by atoms with Crippen molar-refractivity contribution in [2.24, 2.45) is 0 Å². The number of nitrogens with zero attached hydrogens (tertiary/aromatic N) is 2. The van der Waals surface area contributed by atoms with Crippen molar-refractivity contribution >= 4 is 46.8 Å². The molecule has 172 valence electrons. The summed E-state index contributed by atoms with van der Waals surface area (Å²) in [7, 11) is 0. The molecule has 1 amide bonds. The van der Waals surface area contributed by atoms with E-state index in [1.807, 2.05) is 6.07 Å². The molecular weight excluding hydrogens is 436 g/mol. The molecule has 0 aliphatic carbocycles. The standard InChI is InChI=1S/C20H26N6O5S/c1-9(2-3-10-8-23-17-15(10)16(21)25-20(22)26-17)12-5-6-13(32-12)18(29)24-11(19(30)31)4-7-14(27)28/h5-6,9-11H,2-4,7-8H2,1H3,(H,24,29)(H,27,28)(H,30,31)(H5,21,22,23,25,26)/t9?,10?,11-/m0/s1. The molecule has 0 saturated heterocycles. The van der Waals surface area contributed by atoms with E-state index in [-0.39, 0.29) is 30.6 Å². The number of amides is 1. The predicted octanol–water partition coefficient (Wildman–Crippen LogP) is 1.84. The minimum absolute atomic E-state index is 0.139. The lowest BCUT2D eigenvalue weighted by molar-refractivity contribution is -0.140. The minimum atomic E-state index is -1.26. The normalized spacial score (nSPS) is 16.6. The van der Waals surface area contributed by atoms with Crippen LogP contribution in [-0.4, -0.2) is 50.6 Å². The van der Waals surface area contributed by atoms with Crippen LogP contribution in [0.1, 0.15) is 64.6 Å². The summed E-state index contributed by atoms with van der Waals surface area (Å²) in [6.07, 6.45) is 1.16. The molecular formula is C20H26N6O5S. The maximum absolute atomic E-state index is 12.5. The van der Waals surface area contributed by atoms with Crippen molar-refractivity contribution in [3.63, 3.8) is 0 Å². The van der Waals surface area contributed by atoms with Gasteiger partial charge in [-0.2, -0.15) is 9.97 Å². The number of anilines is 3. The van der Waals surface area contributed by atoms with Gasteiger partial charge in [0, 0.05) is 29.3 Å². The van der Waals surface area contributed by atoms with Crippen molar-refractivity contribution in [1.29, 1.82) is 0 Å². The molecule has 2 aromatic rings. The van der Waals surface area contributed by atoms with Crippen LogP contribution in [0.5, 0.6) is 0 Å². The second-order valence-corrected chi connectivity index (χ2v) is 8.90. The molecule has 0 fully saturated rings. The van der Waals surface area contributed by atoms with E-state index in [0.29, 0.717) is 23.1 Å². The van der Waals surface area contributed by atoms with Gasteiger partial charge < -0.3 is 32.3 Å². The zero-order valence-electron chi connectivity index (χ0n) is 17.5. The number of nitrogens with two attached hydrogens (primary N) is 2. The van der Waals surface area contributed by atoms with Gasteiger partial charge in [0.05, 0.1) is 4.88 Å². The summed E-state index contributed by atoms with van der Waals surface area (Å²) in [4.78, 5) is 44.1. The second kappa shape index (κ2) is 9.81. The van der Waals surface area contributed by atoms with Crippen molar-refractivity contribution in [2.45, 2.75) is 50.5 Å². The topological polar surface area (TPSA) is 194 Å². The molecule has 32 heavy (non-hydrogen) atoms. The van der Waals surface area contributed by atoms with Crippen molar-refractivity contribution in [3.8, 4) is 0 Å². The van der Waals surface area contributed by atoms with Gasteiger partial charge in [-0.3, -0.25) is 9.59 Å². The fraction of sp³-hybridized carbons (Fsp3) is 0.450. The van der Waals surface area contributed by atoms with E-state index in [2.05, 4.69) is 27.5 Å². The van der Waals surface area contributed by atoms with E-state index in [4.69, 9.17) is 16.6 Å². The first-order chi connectivity index (χ1) is 15.2. The highest BCUT2D eigenvalue weighted by molar-refractivity contribution is 7.14. The van der Waals surface area contributed by atoms with Gasteiger partial charge >= 0.3 is 11.9 Å². The molecule has 2 unspecified atom stereocenters. The molecule has 8 N–H and O–H groups in total. The van der Waals surface area contributed by atoms with Crippen molar-refractivity contribution in [1.82, 2.24) is 15.3 Å². The summed E-state index contributed by atoms with van der Waals surface area (Å²) in [5.41, 5.74) is 12.6. The fourth-order valence-corrected chi connectivity index (χ4v) is 4.69. The van der Waals surface area contributed by atoms with Crippen molar-refractivity contribution < 1.29 is 24.6 Å². The fourth-order valence-electron chi connectivity index (χ4n) is 3.70. The number of carboxylic acid groups (broad SMARTS) is 2. The number of carboxylic acids is 2. The van der Waals surface area contributed by atoms with E-state index >= 15 is 0 Å². The van der Waals surface area contributed by atoms with Crippen LogP contribution in [0, 0.1) is 0 Å². The Morgan fingerprint density at radius 3 is 2.69 bits per heavy atom. The molecule has 3 atom stereocenters. The summed E-state index contributed by atoms with van der Waals surface area (Å²) in [6.45, 7) is 2.77. The number of aliphatic carboxylic acids is 2. The molecule has 12 heteroatoms. The molecule has 11 nitrogen and oxygen atoms in total. The number of carbonyl (C=O) groups excluding carboxylic acids is 1. The Hall–Kier alpha value is -3.41. The first kappa shape index (κ1) is 23.3. The third-order valence-electron chi connectivity index (χ3n) is 5.45. The predicted molar refractivity (Wildman–Crippen MR) is 120 cm³/mol. The Bertz CT molecular complexity index is 1030. The summed E-state index contributed by atoms with van der Waals surface area (Å²) in [5, 5.41) is 23.6. The Balaban J connectivity index is 1.58. The van der Waals surface area contributed by atoms with Crippen molar-refractivity contribution in [3.05, 3.63) is 27.5 Å². The molecule has 3 heterocycles.